The van der Waals surface area contributed by atoms with Crippen molar-refractivity contribution in [3.05, 3.63) is 34.4 Å². The lowest BCUT2D eigenvalue weighted by Gasteiger charge is -2.69. The molecule has 6 atom stereocenters. The monoisotopic (exact) mass is 452 g/mol. The van der Waals surface area contributed by atoms with Gasteiger partial charge < -0.3 is 15.3 Å². The quantitative estimate of drug-likeness (QED) is 0.329. The third-order valence-corrected chi connectivity index (χ3v) is 11.6. The van der Waals surface area contributed by atoms with Crippen molar-refractivity contribution in [3.8, 4) is 11.5 Å². The molecule has 3 saturated carbocycles. The number of hydrogen-bond donors (Lipinski definition) is 3. The number of allylic oxidation sites excluding steroid dienone is 2. The summed E-state index contributed by atoms with van der Waals surface area (Å²) in [6, 6.07) is 1.81. The van der Waals surface area contributed by atoms with Gasteiger partial charge in [-0.1, -0.05) is 39.3 Å². The highest BCUT2D eigenvalue weighted by Gasteiger charge is 2.67. The molecule has 0 heterocycles. The summed E-state index contributed by atoms with van der Waals surface area (Å²) in [5, 5.41) is 30.9. The zero-order valence-electron chi connectivity index (χ0n) is 21.1. The molecule has 0 aromatic heterocycles. The van der Waals surface area contributed by atoms with Crippen LogP contribution in [0, 0.1) is 34.5 Å². The molecule has 0 unspecified atom stereocenters. The van der Waals surface area contributed by atoms with E-state index in [0.29, 0.717) is 5.92 Å². The number of carbonyl (C=O) groups is 1. The molecular formula is C29H40O4. The summed E-state index contributed by atoms with van der Waals surface area (Å²) >= 11 is 0. The first kappa shape index (κ1) is 22.8. The third kappa shape index (κ3) is 2.67. The summed E-state index contributed by atoms with van der Waals surface area (Å²) in [7, 11) is 0. The minimum atomic E-state index is -0.641. The van der Waals surface area contributed by atoms with Crippen molar-refractivity contribution >= 4 is 5.97 Å². The van der Waals surface area contributed by atoms with Crippen LogP contribution in [0.2, 0.25) is 0 Å². The summed E-state index contributed by atoms with van der Waals surface area (Å²) in [5.41, 5.74) is 4.00. The second-order valence-electron chi connectivity index (χ2n) is 13.1. The largest absolute Gasteiger partial charge is 0.504 e. The molecule has 1 aromatic carbocycles. The van der Waals surface area contributed by atoms with E-state index in [9.17, 15) is 20.1 Å². The van der Waals surface area contributed by atoms with Crippen LogP contribution < -0.4 is 0 Å². The Hall–Kier alpha value is -1.97. The predicted molar refractivity (Wildman–Crippen MR) is 130 cm³/mol. The molecule has 0 aliphatic heterocycles. The first-order valence-electron chi connectivity index (χ1n) is 12.7. The maximum atomic E-state index is 12.3. The van der Waals surface area contributed by atoms with Crippen LogP contribution in [0.1, 0.15) is 96.3 Å². The molecule has 4 aliphatic rings. The van der Waals surface area contributed by atoms with Gasteiger partial charge in [0.2, 0.25) is 0 Å². The van der Waals surface area contributed by atoms with Crippen molar-refractivity contribution in [1.29, 1.82) is 0 Å². The maximum Gasteiger partial charge on any atom is 0.309 e. The number of benzene rings is 1. The Morgan fingerprint density at radius 1 is 0.970 bits per heavy atom. The van der Waals surface area contributed by atoms with E-state index in [1.807, 2.05) is 19.9 Å². The number of rotatable bonds is 1. The normalized spacial score (nSPS) is 44.1. The lowest BCUT2D eigenvalue weighted by Crippen LogP contribution is -2.62. The van der Waals surface area contributed by atoms with Gasteiger partial charge in [-0.15, -0.1) is 0 Å². The Morgan fingerprint density at radius 3 is 2.30 bits per heavy atom. The highest BCUT2D eigenvalue weighted by molar-refractivity contribution is 5.74. The van der Waals surface area contributed by atoms with Gasteiger partial charge in [0.1, 0.15) is 0 Å². The van der Waals surface area contributed by atoms with E-state index in [1.54, 1.807) is 0 Å². The highest BCUT2D eigenvalue weighted by Crippen LogP contribution is 2.74. The van der Waals surface area contributed by atoms with Gasteiger partial charge in [-0.2, -0.15) is 0 Å². The van der Waals surface area contributed by atoms with E-state index < -0.39 is 11.4 Å². The van der Waals surface area contributed by atoms with Crippen LogP contribution >= 0.6 is 0 Å². The van der Waals surface area contributed by atoms with Crippen LogP contribution in [0.3, 0.4) is 0 Å². The topological polar surface area (TPSA) is 77.8 Å². The van der Waals surface area contributed by atoms with Crippen molar-refractivity contribution in [1.82, 2.24) is 0 Å². The van der Waals surface area contributed by atoms with Crippen molar-refractivity contribution in [2.45, 2.75) is 98.3 Å². The smallest absolute Gasteiger partial charge is 0.309 e. The van der Waals surface area contributed by atoms with Crippen molar-refractivity contribution in [2.24, 2.45) is 27.6 Å². The van der Waals surface area contributed by atoms with E-state index in [0.717, 1.165) is 62.5 Å². The second kappa shape index (κ2) is 6.58. The molecule has 4 heteroatoms. The molecule has 0 amide bonds. The number of carboxylic acids is 1. The van der Waals surface area contributed by atoms with Gasteiger partial charge >= 0.3 is 5.97 Å². The van der Waals surface area contributed by atoms with Crippen LogP contribution in [0.5, 0.6) is 11.5 Å². The molecule has 5 rings (SSSR count). The number of phenolic OH excluding ortho intramolecular Hbond substituents is 2. The third-order valence-electron chi connectivity index (χ3n) is 11.6. The van der Waals surface area contributed by atoms with E-state index in [4.69, 9.17) is 0 Å². The number of aliphatic carboxylic acids is 1. The summed E-state index contributed by atoms with van der Waals surface area (Å²) in [6.07, 6.45) is 10.0. The van der Waals surface area contributed by atoms with Crippen LogP contribution in [0.4, 0.5) is 0 Å². The molecule has 4 nitrogen and oxygen atoms in total. The molecule has 180 valence electrons. The first-order chi connectivity index (χ1) is 15.2. The fourth-order valence-corrected chi connectivity index (χ4v) is 8.89. The lowest BCUT2D eigenvalue weighted by molar-refractivity contribution is -0.177. The number of fused-ring (bicyclic) bond motifs is 7. The number of hydrogen-bond acceptors (Lipinski definition) is 3. The fraction of sp³-hybridized carbons (Fsp3) is 0.690. The first-order valence-corrected chi connectivity index (χ1v) is 12.7. The zero-order valence-corrected chi connectivity index (χ0v) is 21.1. The Balaban J connectivity index is 1.63. The Morgan fingerprint density at radius 2 is 1.64 bits per heavy atom. The molecule has 0 saturated heterocycles. The zero-order chi connectivity index (χ0) is 24.2. The van der Waals surface area contributed by atoms with Crippen molar-refractivity contribution in [2.75, 3.05) is 0 Å². The fourth-order valence-electron chi connectivity index (χ4n) is 8.89. The molecule has 3 N–H and O–H groups in total. The van der Waals surface area contributed by atoms with Gasteiger partial charge in [-0.3, -0.25) is 4.79 Å². The minimum Gasteiger partial charge on any atom is -0.504 e. The maximum absolute atomic E-state index is 12.3. The molecule has 1 aromatic rings. The average Bonchev–Trinajstić information content (AvgIpc) is 2.75. The van der Waals surface area contributed by atoms with Gasteiger partial charge in [0, 0.05) is 5.41 Å². The van der Waals surface area contributed by atoms with Crippen LogP contribution in [-0.4, -0.2) is 21.3 Å². The van der Waals surface area contributed by atoms with E-state index in [1.165, 1.54) is 11.1 Å². The van der Waals surface area contributed by atoms with Crippen molar-refractivity contribution < 1.29 is 20.1 Å². The summed E-state index contributed by atoms with van der Waals surface area (Å²) in [4.78, 5) is 12.3. The summed E-state index contributed by atoms with van der Waals surface area (Å²) < 4.78 is 0. The van der Waals surface area contributed by atoms with Gasteiger partial charge in [0.25, 0.3) is 0 Å². The SMILES string of the molecule is Cc1c(O)c(O)cc2c1CC=C1[C@]2(C)CC[C@@]2(C)[C@@H]3C[C@](C)(C(=O)O)CC[C@]3(C)CC[C@]12C. The van der Waals surface area contributed by atoms with Crippen LogP contribution in [-0.2, 0) is 16.6 Å². The van der Waals surface area contributed by atoms with E-state index in [-0.39, 0.29) is 33.2 Å². The second-order valence-corrected chi connectivity index (χ2v) is 13.1. The molecule has 0 radical (unpaired) electrons. The molecule has 0 spiro atoms. The standard InChI is InChI=1S/C29H40O4/c1-17-18-7-8-21-27(4,19(18)15-20(30)23(17)31)12-14-29(6)22-16-26(3,24(32)33)10-9-25(22,2)11-13-28(21,29)5/h8,15,22,30-31H,7,9-14,16H2,1-6H3,(H,32,33)/t22-,25-,26-,27-,28-,29+/m1/s1. The number of aromatic hydroxyl groups is 2. The molecular weight excluding hydrogens is 412 g/mol. The highest BCUT2D eigenvalue weighted by atomic mass is 16.4. The molecule has 33 heavy (non-hydrogen) atoms. The van der Waals surface area contributed by atoms with Gasteiger partial charge in [-0.25, -0.2) is 0 Å². The number of phenols is 2. The lowest BCUT2D eigenvalue weighted by atomic mass is 9.34. The molecule has 4 aliphatic carbocycles. The van der Waals surface area contributed by atoms with E-state index >= 15 is 0 Å². The summed E-state index contributed by atoms with van der Waals surface area (Å²) in [5.74, 6) is -0.282. The van der Waals surface area contributed by atoms with Gasteiger partial charge in [-0.05, 0) is 110 Å². The van der Waals surface area contributed by atoms with Crippen LogP contribution in [0.25, 0.3) is 0 Å². The summed E-state index contributed by atoms with van der Waals surface area (Å²) in [6.45, 7) is 13.5. The van der Waals surface area contributed by atoms with Crippen LogP contribution in [0.15, 0.2) is 17.7 Å². The molecule has 0 bridgehead atoms. The Labute approximate surface area is 198 Å². The minimum absolute atomic E-state index is 0.00431. The predicted octanol–water partition coefficient (Wildman–Crippen LogP) is 6.64. The Kier molecular flexibility index (Phi) is 4.55. The Bertz CT molecular complexity index is 1090. The average molecular weight is 453 g/mol. The molecule has 3 fully saturated rings. The van der Waals surface area contributed by atoms with Gasteiger partial charge in [0.15, 0.2) is 11.5 Å². The van der Waals surface area contributed by atoms with Gasteiger partial charge in [0.05, 0.1) is 5.41 Å². The number of carboxylic acid groups (broad SMARTS) is 1. The van der Waals surface area contributed by atoms with E-state index in [2.05, 4.69) is 33.8 Å². The van der Waals surface area contributed by atoms with Crippen molar-refractivity contribution in [3.63, 3.8) is 0 Å².